The summed E-state index contributed by atoms with van der Waals surface area (Å²) in [4.78, 5) is 14.7. The molecule has 1 amide bonds. The fourth-order valence-corrected chi connectivity index (χ4v) is 4.29. The second-order valence-corrected chi connectivity index (χ2v) is 9.40. The molecule has 0 aromatic heterocycles. The van der Waals surface area contributed by atoms with Crippen LogP contribution in [0.3, 0.4) is 0 Å². The molecule has 0 saturated carbocycles. The zero-order chi connectivity index (χ0) is 24.6. The van der Waals surface area contributed by atoms with Crippen LogP contribution in [0.1, 0.15) is 63.9 Å². The maximum atomic E-state index is 12.3. The van der Waals surface area contributed by atoms with Gasteiger partial charge in [0, 0.05) is 52.2 Å². The lowest BCUT2D eigenvalue weighted by atomic mass is 10.00. The van der Waals surface area contributed by atoms with Crippen molar-refractivity contribution in [2.24, 2.45) is 5.92 Å². The Kier molecular flexibility index (Phi) is 14.0. The highest BCUT2D eigenvalue weighted by Crippen LogP contribution is 2.29. The Balaban J connectivity index is 1.55. The minimum absolute atomic E-state index is 0.0579. The number of piperidine rings is 1. The van der Waals surface area contributed by atoms with Gasteiger partial charge >= 0.3 is 0 Å². The number of rotatable bonds is 17. The number of nitrogens with zero attached hydrogens (tertiary/aromatic N) is 1. The summed E-state index contributed by atoms with van der Waals surface area (Å²) in [6, 6.07) is 6.18. The van der Waals surface area contributed by atoms with Crippen LogP contribution in [0.2, 0.25) is 0 Å². The first-order chi connectivity index (χ1) is 16.5. The van der Waals surface area contributed by atoms with Gasteiger partial charge < -0.3 is 29.5 Å². The van der Waals surface area contributed by atoms with Gasteiger partial charge in [0.05, 0.1) is 19.8 Å². The molecule has 1 aliphatic heterocycles. The lowest BCUT2D eigenvalue weighted by Crippen LogP contribution is -2.41. The average Bonchev–Trinajstić information content (AvgIpc) is 2.85. The molecule has 1 aromatic rings. The molecule has 0 spiro atoms. The normalized spacial score (nSPS) is 15.8. The lowest BCUT2D eigenvalue weighted by molar-refractivity contribution is -0.124. The number of unbranched alkanes of at least 4 members (excludes halogenated alkanes) is 3. The van der Waals surface area contributed by atoms with E-state index in [-0.39, 0.29) is 17.9 Å². The van der Waals surface area contributed by atoms with Gasteiger partial charge in [0.15, 0.2) is 11.5 Å². The van der Waals surface area contributed by atoms with E-state index in [1.54, 1.807) is 14.2 Å². The summed E-state index contributed by atoms with van der Waals surface area (Å²) in [6.45, 7) is 6.74. The maximum Gasteiger partial charge on any atom is 0.222 e. The molecule has 34 heavy (non-hydrogen) atoms. The van der Waals surface area contributed by atoms with Crippen LogP contribution in [-0.4, -0.2) is 75.6 Å². The van der Waals surface area contributed by atoms with Gasteiger partial charge in [0.25, 0.3) is 0 Å². The van der Waals surface area contributed by atoms with Crippen LogP contribution in [0.25, 0.3) is 0 Å². The van der Waals surface area contributed by atoms with Gasteiger partial charge in [-0.3, -0.25) is 4.79 Å². The molecule has 1 aromatic carbocycles. The number of hydrogen-bond donors (Lipinski definition) is 2. The third kappa shape index (κ3) is 11.1. The van der Waals surface area contributed by atoms with Crippen LogP contribution in [0.15, 0.2) is 18.2 Å². The van der Waals surface area contributed by atoms with Gasteiger partial charge in [-0.25, -0.2) is 0 Å². The predicted molar refractivity (Wildman–Crippen MR) is 136 cm³/mol. The first kappa shape index (κ1) is 28.4. The predicted octanol–water partition coefficient (Wildman–Crippen LogP) is 3.81. The van der Waals surface area contributed by atoms with Crippen molar-refractivity contribution in [2.45, 2.75) is 70.8 Å². The summed E-state index contributed by atoms with van der Waals surface area (Å²) < 4.78 is 16.4. The van der Waals surface area contributed by atoms with Crippen molar-refractivity contribution >= 4 is 5.91 Å². The molecule has 7 nitrogen and oxygen atoms in total. The number of carbonyl (C=O) groups excluding carboxylic acids is 1. The minimum atomic E-state index is -0.148. The topological polar surface area (TPSA) is 80.3 Å². The van der Waals surface area contributed by atoms with Crippen LogP contribution in [-0.2, 0) is 16.0 Å². The number of likely N-dealkylation sites (tertiary alicyclic amines) is 1. The highest BCUT2D eigenvalue weighted by molar-refractivity contribution is 5.78. The Morgan fingerprint density at radius 2 is 1.85 bits per heavy atom. The summed E-state index contributed by atoms with van der Waals surface area (Å²) >= 11 is 0. The Morgan fingerprint density at radius 1 is 1.09 bits per heavy atom. The Bertz CT molecular complexity index is 692. The van der Waals surface area contributed by atoms with E-state index in [1.165, 1.54) is 5.56 Å². The molecule has 2 N–H and O–H groups in total. The molecular weight excluding hydrogens is 432 g/mol. The highest BCUT2D eigenvalue weighted by atomic mass is 16.5. The number of nitrogens with one attached hydrogen (secondary N) is 1. The highest BCUT2D eigenvalue weighted by Gasteiger charge is 2.17. The van der Waals surface area contributed by atoms with E-state index in [0.29, 0.717) is 19.8 Å². The number of aryl methyl sites for hydroxylation is 1. The summed E-state index contributed by atoms with van der Waals surface area (Å²) in [5, 5.41) is 12.7. The first-order valence-electron chi connectivity index (χ1n) is 13.0. The van der Waals surface area contributed by atoms with E-state index in [1.807, 2.05) is 13.0 Å². The van der Waals surface area contributed by atoms with Crippen molar-refractivity contribution in [3.63, 3.8) is 0 Å². The van der Waals surface area contributed by atoms with Crippen LogP contribution in [0, 0.1) is 5.92 Å². The minimum Gasteiger partial charge on any atom is -0.493 e. The molecule has 7 heteroatoms. The molecule has 2 rings (SSSR count). The molecule has 1 atom stereocenters. The maximum absolute atomic E-state index is 12.3. The SMILES string of the molecule is COCCCOc1cc(CCCCCC[C@@H](C)C(=O)NCCN2CCC(O)CC2)ccc1OC. The summed E-state index contributed by atoms with van der Waals surface area (Å²) in [5.74, 6) is 1.79. The molecule has 0 aliphatic carbocycles. The number of methoxy groups -OCH3 is 2. The number of aliphatic hydroxyl groups is 1. The van der Waals surface area contributed by atoms with E-state index < -0.39 is 0 Å². The Hall–Kier alpha value is -1.83. The zero-order valence-electron chi connectivity index (χ0n) is 21.5. The number of benzene rings is 1. The van der Waals surface area contributed by atoms with Gasteiger partial charge in [-0.15, -0.1) is 0 Å². The van der Waals surface area contributed by atoms with E-state index in [4.69, 9.17) is 14.2 Å². The second kappa shape index (κ2) is 16.7. The number of amides is 1. The average molecular weight is 479 g/mol. The Morgan fingerprint density at radius 3 is 2.59 bits per heavy atom. The summed E-state index contributed by atoms with van der Waals surface area (Å²) in [6.07, 6.45) is 8.84. The molecule has 0 bridgehead atoms. The molecular formula is C27H46N2O5. The van der Waals surface area contributed by atoms with Gasteiger partial charge in [0.1, 0.15) is 0 Å². The van der Waals surface area contributed by atoms with Crippen molar-refractivity contribution in [3.8, 4) is 11.5 Å². The second-order valence-electron chi connectivity index (χ2n) is 9.40. The first-order valence-corrected chi connectivity index (χ1v) is 13.0. The third-order valence-corrected chi connectivity index (χ3v) is 6.56. The van der Waals surface area contributed by atoms with E-state index in [2.05, 4.69) is 22.3 Å². The lowest BCUT2D eigenvalue weighted by Gasteiger charge is -2.29. The fourth-order valence-electron chi connectivity index (χ4n) is 4.29. The molecule has 0 unspecified atom stereocenters. The van der Waals surface area contributed by atoms with Gasteiger partial charge in [-0.1, -0.05) is 32.3 Å². The summed E-state index contributed by atoms with van der Waals surface area (Å²) in [5.41, 5.74) is 1.26. The van der Waals surface area contributed by atoms with E-state index in [0.717, 1.165) is 88.9 Å². The fraction of sp³-hybridized carbons (Fsp3) is 0.741. The molecule has 1 aliphatic rings. The van der Waals surface area contributed by atoms with Crippen LogP contribution in [0.4, 0.5) is 0 Å². The number of ether oxygens (including phenoxy) is 3. The monoisotopic (exact) mass is 478 g/mol. The van der Waals surface area contributed by atoms with Crippen molar-refractivity contribution in [1.29, 1.82) is 0 Å². The molecule has 194 valence electrons. The van der Waals surface area contributed by atoms with Crippen LogP contribution >= 0.6 is 0 Å². The molecule has 1 saturated heterocycles. The van der Waals surface area contributed by atoms with E-state index >= 15 is 0 Å². The molecule has 1 fully saturated rings. The standard InChI is InChI=1S/C27H46N2O5/c1-22(27(31)28-15-18-29-16-13-24(30)14-17-29)9-6-4-5-7-10-23-11-12-25(33-3)26(21-23)34-20-8-19-32-2/h11-12,21-22,24,30H,4-10,13-20H2,1-3H3,(H,28,31)/t22-/m1/s1. The quantitative estimate of drug-likeness (QED) is 0.332. The van der Waals surface area contributed by atoms with Crippen molar-refractivity contribution in [2.75, 3.05) is 53.6 Å². The van der Waals surface area contributed by atoms with Crippen molar-refractivity contribution in [1.82, 2.24) is 10.2 Å². The Labute approximate surface area is 206 Å². The van der Waals surface area contributed by atoms with Crippen LogP contribution in [0.5, 0.6) is 11.5 Å². The van der Waals surface area contributed by atoms with Crippen molar-refractivity contribution < 1.29 is 24.1 Å². The van der Waals surface area contributed by atoms with Gasteiger partial charge in [-0.2, -0.15) is 0 Å². The largest absolute Gasteiger partial charge is 0.493 e. The summed E-state index contributed by atoms with van der Waals surface area (Å²) in [7, 11) is 3.36. The van der Waals surface area contributed by atoms with Gasteiger partial charge in [-0.05, 0) is 49.8 Å². The van der Waals surface area contributed by atoms with Gasteiger partial charge in [0.2, 0.25) is 5.91 Å². The molecule has 1 heterocycles. The number of carbonyl (C=O) groups is 1. The smallest absolute Gasteiger partial charge is 0.222 e. The van der Waals surface area contributed by atoms with Crippen LogP contribution < -0.4 is 14.8 Å². The van der Waals surface area contributed by atoms with Crippen molar-refractivity contribution in [3.05, 3.63) is 23.8 Å². The third-order valence-electron chi connectivity index (χ3n) is 6.56. The van der Waals surface area contributed by atoms with E-state index in [9.17, 15) is 9.90 Å². The zero-order valence-corrected chi connectivity index (χ0v) is 21.5. The number of aliphatic hydroxyl groups excluding tert-OH is 1. The number of hydrogen-bond acceptors (Lipinski definition) is 6. The molecule has 0 radical (unpaired) electrons.